The van der Waals surface area contributed by atoms with E-state index in [1.165, 1.54) is 36.8 Å². The summed E-state index contributed by atoms with van der Waals surface area (Å²) in [6, 6.07) is 25.8. The molecule has 0 aromatic heterocycles. The van der Waals surface area contributed by atoms with Crippen LogP contribution in [-0.4, -0.2) is 18.0 Å². The lowest BCUT2D eigenvalue weighted by atomic mass is 10.1. The number of benzene rings is 3. The first-order valence-corrected chi connectivity index (χ1v) is 12.9. The number of amides is 1. The molecule has 0 bridgehead atoms. The van der Waals surface area contributed by atoms with Crippen molar-refractivity contribution in [3.05, 3.63) is 95.2 Å². The molecule has 3 aromatic rings. The van der Waals surface area contributed by atoms with Gasteiger partial charge in [0.15, 0.2) is 5.76 Å². The Kier molecular flexibility index (Phi) is 7.17. The Balaban J connectivity index is 1.37. The Morgan fingerprint density at radius 1 is 0.778 bits per heavy atom. The van der Waals surface area contributed by atoms with Crippen molar-refractivity contribution in [2.45, 2.75) is 58.4 Å². The molecule has 2 fully saturated rings. The van der Waals surface area contributed by atoms with E-state index in [1.807, 2.05) is 12.1 Å². The van der Waals surface area contributed by atoms with Crippen molar-refractivity contribution in [3.8, 4) is 0 Å². The van der Waals surface area contributed by atoms with Crippen LogP contribution in [0.25, 0.3) is 6.08 Å². The van der Waals surface area contributed by atoms with Gasteiger partial charge >= 0.3 is 0 Å². The highest BCUT2D eigenvalue weighted by molar-refractivity contribution is 6.11. The molecule has 0 radical (unpaired) electrons. The fourth-order valence-corrected chi connectivity index (χ4v) is 4.75. The van der Waals surface area contributed by atoms with Crippen molar-refractivity contribution >= 4 is 35.1 Å². The fraction of sp³-hybridized carbons (Fsp3) is 0.290. The van der Waals surface area contributed by atoms with Gasteiger partial charge in [-0.3, -0.25) is 10.1 Å². The van der Waals surface area contributed by atoms with Gasteiger partial charge in [-0.25, -0.2) is 4.99 Å². The molecule has 1 saturated heterocycles. The van der Waals surface area contributed by atoms with Gasteiger partial charge in [-0.15, -0.1) is 0 Å². The molecule has 5 heteroatoms. The van der Waals surface area contributed by atoms with Gasteiger partial charge in [-0.2, -0.15) is 0 Å². The highest BCUT2D eigenvalue weighted by atomic mass is 16.5. The van der Waals surface area contributed by atoms with Gasteiger partial charge in [0.05, 0.1) is 6.04 Å². The zero-order valence-electron chi connectivity index (χ0n) is 21.0. The first-order valence-electron chi connectivity index (χ1n) is 12.9. The van der Waals surface area contributed by atoms with Crippen LogP contribution in [0.5, 0.6) is 0 Å². The third-order valence-corrected chi connectivity index (χ3v) is 6.81. The van der Waals surface area contributed by atoms with E-state index in [4.69, 9.17) is 4.74 Å². The third-order valence-electron chi connectivity index (χ3n) is 6.81. The summed E-state index contributed by atoms with van der Waals surface area (Å²) >= 11 is 0. The number of amidine groups is 1. The van der Waals surface area contributed by atoms with E-state index in [0.29, 0.717) is 6.02 Å². The van der Waals surface area contributed by atoms with Gasteiger partial charge < -0.3 is 9.64 Å². The van der Waals surface area contributed by atoms with Crippen LogP contribution in [0.3, 0.4) is 0 Å². The topological polar surface area (TPSA) is 53.9 Å². The monoisotopic (exact) mass is 479 g/mol. The summed E-state index contributed by atoms with van der Waals surface area (Å²) in [5, 5.41) is 2.79. The summed E-state index contributed by atoms with van der Waals surface area (Å²) in [5.41, 5.74) is 6.56. The number of rotatable bonds is 5. The minimum absolute atomic E-state index is 0.232. The average Bonchev–Trinajstić information content (AvgIpc) is 3.05. The van der Waals surface area contributed by atoms with Crippen molar-refractivity contribution in [2.75, 3.05) is 4.90 Å². The molecule has 1 amide bonds. The Morgan fingerprint density at radius 3 is 1.81 bits per heavy atom. The second-order valence-corrected chi connectivity index (χ2v) is 9.74. The molecule has 1 aliphatic carbocycles. The molecule has 36 heavy (non-hydrogen) atoms. The molecule has 2 aliphatic rings. The predicted molar refractivity (Wildman–Crippen MR) is 147 cm³/mol. The number of carbonyl (C=O) groups is 1. The Morgan fingerprint density at radius 2 is 1.28 bits per heavy atom. The van der Waals surface area contributed by atoms with Gasteiger partial charge in [0.1, 0.15) is 0 Å². The summed E-state index contributed by atoms with van der Waals surface area (Å²) in [6.45, 7) is 4.19. The molecular weight excluding hydrogens is 446 g/mol. The van der Waals surface area contributed by atoms with Crippen molar-refractivity contribution in [1.82, 2.24) is 5.32 Å². The summed E-state index contributed by atoms with van der Waals surface area (Å²) in [4.78, 5) is 19.4. The highest BCUT2D eigenvalue weighted by Crippen LogP contribution is 2.35. The smallest absolute Gasteiger partial charge is 0.297 e. The van der Waals surface area contributed by atoms with Crippen molar-refractivity contribution < 1.29 is 9.53 Å². The summed E-state index contributed by atoms with van der Waals surface area (Å²) < 4.78 is 5.80. The second-order valence-electron chi connectivity index (χ2n) is 9.74. The molecule has 184 valence electrons. The Hall–Kier alpha value is -3.86. The number of anilines is 3. The molecule has 1 saturated carbocycles. The number of nitrogens with one attached hydrogen (secondary N) is 1. The Bertz CT molecular complexity index is 1210. The zero-order chi connectivity index (χ0) is 24.9. The molecule has 1 N–H and O–H groups in total. The van der Waals surface area contributed by atoms with Crippen molar-refractivity contribution in [1.29, 1.82) is 0 Å². The van der Waals surface area contributed by atoms with Crippen LogP contribution in [-0.2, 0) is 9.53 Å². The number of ether oxygens (including phenoxy) is 1. The van der Waals surface area contributed by atoms with E-state index in [0.717, 1.165) is 35.5 Å². The minimum atomic E-state index is -0.243. The van der Waals surface area contributed by atoms with Crippen LogP contribution in [0.1, 0.15) is 55.2 Å². The lowest BCUT2D eigenvalue weighted by Gasteiger charge is -2.25. The molecule has 0 unspecified atom stereocenters. The van der Waals surface area contributed by atoms with E-state index >= 15 is 0 Å². The van der Waals surface area contributed by atoms with Gasteiger partial charge in [0.25, 0.3) is 11.9 Å². The Labute approximate surface area is 213 Å². The first-order chi connectivity index (χ1) is 17.5. The molecule has 3 aromatic carbocycles. The highest BCUT2D eigenvalue weighted by Gasteiger charge is 2.26. The maximum Gasteiger partial charge on any atom is 0.297 e. The normalized spacial score (nSPS) is 18.7. The first kappa shape index (κ1) is 23.9. The number of aliphatic imine (C=N–C) groups is 1. The zero-order valence-corrected chi connectivity index (χ0v) is 21.0. The number of hydrogen-bond donors (Lipinski definition) is 1. The number of aryl methyl sites for hydroxylation is 2. The van der Waals surface area contributed by atoms with Gasteiger partial charge in [0.2, 0.25) is 0 Å². The summed E-state index contributed by atoms with van der Waals surface area (Å²) in [5.74, 6) is 0.0384. The molecule has 5 nitrogen and oxygen atoms in total. The predicted octanol–water partition coefficient (Wildman–Crippen LogP) is 7.34. The van der Waals surface area contributed by atoms with E-state index < -0.39 is 0 Å². The molecule has 0 atom stereocenters. The number of carbonyl (C=O) groups excluding carboxylic acids is 1. The molecule has 0 spiro atoms. The average molecular weight is 480 g/mol. The van der Waals surface area contributed by atoms with Crippen molar-refractivity contribution in [2.24, 2.45) is 4.99 Å². The van der Waals surface area contributed by atoms with E-state index in [1.54, 1.807) is 6.08 Å². The summed E-state index contributed by atoms with van der Waals surface area (Å²) in [7, 11) is 0. The van der Waals surface area contributed by atoms with Crippen LogP contribution >= 0.6 is 0 Å². The van der Waals surface area contributed by atoms with Gasteiger partial charge in [0, 0.05) is 17.1 Å². The lowest BCUT2D eigenvalue weighted by molar-refractivity contribution is -0.116. The van der Waals surface area contributed by atoms with Crippen LogP contribution in [0.4, 0.5) is 17.1 Å². The van der Waals surface area contributed by atoms with E-state index in [2.05, 4.69) is 89.7 Å². The standard InChI is InChI=1S/C31H33N3O2/c1-22-9-15-26(16-10-22)34(27-17-11-23(2)12-18-27)28-19-13-24(14-20-28)21-29-30(35)33-31(36-29)32-25-7-5-3-4-6-8-25/h9-21,25H,3-8H2,1-2H3,(H,32,33,35)/b29-21+. The van der Waals surface area contributed by atoms with Gasteiger partial charge in [-0.05, 0) is 74.7 Å². The minimum Gasteiger partial charge on any atom is -0.420 e. The molecule has 1 aliphatic heterocycles. The fourth-order valence-electron chi connectivity index (χ4n) is 4.75. The van der Waals surface area contributed by atoms with E-state index in [9.17, 15) is 4.79 Å². The lowest BCUT2D eigenvalue weighted by Crippen LogP contribution is -2.22. The van der Waals surface area contributed by atoms with Crippen LogP contribution in [0.2, 0.25) is 0 Å². The van der Waals surface area contributed by atoms with Crippen molar-refractivity contribution in [3.63, 3.8) is 0 Å². The largest absolute Gasteiger partial charge is 0.420 e. The summed E-state index contributed by atoms with van der Waals surface area (Å²) in [6.07, 6.45) is 8.79. The number of hydrogen-bond acceptors (Lipinski definition) is 4. The maximum atomic E-state index is 12.5. The molecule has 5 rings (SSSR count). The van der Waals surface area contributed by atoms with Crippen LogP contribution in [0.15, 0.2) is 83.5 Å². The molecule has 1 heterocycles. The third kappa shape index (κ3) is 5.68. The SMILES string of the molecule is Cc1ccc(N(c2ccc(C)cc2)c2ccc(/C=C3/OC(=NC4CCCCCC4)NC3=O)cc2)cc1. The maximum absolute atomic E-state index is 12.5. The van der Waals surface area contributed by atoms with Crippen LogP contribution in [0, 0.1) is 13.8 Å². The second kappa shape index (κ2) is 10.8. The molecular formula is C31H33N3O2. The quantitative estimate of drug-likeness (QED) is 0.308. The van der Waals surface area contributed by atoms with Gasteiger partial charge in [-0.1, -0.05) is 73.2 Å². The number of nitrogens with zero attached hydrogens (tertiary/aromatic N) is 2. The van der Waals surface area contributed by atoms with E-state index in [-0.39, 0.29) is 17.7 Å². The van der Waals surface area contributed by atoms with Crippen LogP contribution < -0.4 is 10.2 Å².